The van der Waals surface area contributed by atoms with Gasteiger partial charge < -0.3 is 14.6 Å². The van der Waals surface area contributed by atoms with Crippen molar-refractivity contribution >= 4 is 22.8 Å². The monoisotopic (exact) mass is 382 g/mol. The fraction of sp³-hybridized carbons (Fsp3) is 0.381. The molecule has 1 aliphatic heterocycles. The predicted octanol–water partition coefficient (Wildman–Crippen LogP) is 3.87. The van der Waals surface area contributed by atoms with Crippen molar-refractivity contribution in [1.82, 2.24) is 14.5 Å². The molecule has 0 aliphatic carbocycles. The Balaban J connectivity index is 2.00. The standard InChI is InChI=1S/C21H23FN4O2/c1-11-6-15(19(22)13(3)12(11)2)20-25-16-7-18(24-14(4)27)23-8-17(16)26(20)21(5)9-28-10-21/h6-8H,9-10H2,1-5H3,(H,23,24,27). The predicted molar refractivity (Wildman–Crippen MR) is 106 cm³/mol. The van der Waals surface area contributed by atoms with Gasteiger partial charge in [-0.3, -0.25) is 4.79 Å². The first-order valence-corrected chi connectivity index (χ1v) is 9.22. The number of halogens is 1. The van der Waals surface area contributed by atoms with Gasteiger partial charge in [0.05, 0.1) is 41.5 Å². The molecule has 0 radical (unpaired) electrons. The van der Waals surface area contributed by atoms with E-state index in [4.69, 9.17) is 9.72 Å². The zero-order chi connectivity index (χ0) is 20.2. The van der Waals surface area contributed by atoms with Crippen LogP contribution in [0, 0.1) is 26.6 Å². The Kier molecular flexibility index (Phi) is 4.23. The van der Waals surface area contributed by atoms with Crippen molar-refractivity contribution in [3.8, 4) is 11.4 Å². The zero-order valence-corrected chi connectivity index (χ0v) is 16.7. The maximum absolute atomic E-state index is 15.2. The summed E-state index contributed by atoms with van der Waals surface area (Å²) in [4.78, 5) is 20.4. The molecule has 1 fully saturated rings. The largest absolute Gasteiger partial charge is 0.376 e. The summed E-state index contributed by atoms with van der Waals surface area (Å²) in [6.07, 6.45) is 1.67. The third kappa shape index (κ3) is 2.77. The minimum atomic E-state index is -0.333. The fourth-order valence-corrected chi connectivity index (χ4v) is 3.69. The number of fused-ring (bicyclic) bond motifs is 1. The van der Waals surface area contributed by atoms with Gasteiger partial charge in [-0.25, -0.2) is 14.4 Å². The summed E-state index contributed by atoms with van der Waals surface area (Å²) in [5.41, 5.74) is 4.14. The van der Waals surface area contributed by atoms with Crippen molar-refractivity contribution in [3.63, 3.8) is 0 Å². The lowest BCUT2D eigenvalue weighted by Crippen LogP contribution is -2.49. The molecule has 0 atom stereocenters. The highest BCUT2D eigenvalue weighted by molar-refractivity contribution is 5.90. The highest BCUT2D eigenvalue weighted by Crippen LogP contribution is 2.38. The summed E-state index contributed by atoms with van der Waals surface area (Å²) in [5.74, 6) is 0.495. The number of hydrogen-bond acceptors (Lipinski definition) is 4. The van der Waals surface area contributed by atoms with Crippen molar-refractivity contribution in [2.24, 2.45) is 0 Å². The van der Waals surface area contributed by atoms with Gasteiger partial charge in [-0.15, -0.1) is 0 Å². The SMILES string of the molecule is CC(=O)Nc1cc2nc(-c3cc(C)c(C)c(C)c3F)n(C3(C)COC3)c2cn1. The van der Waals surface area contributed by atoms with E-state index in [1.165, 1.54) is 6.92 Å². The van der Waals surface area contributed by atoms with E-state index in [1.54, 1.807) is 19.2 Å². The van der Waals surface area contributed by atoms with Crippen LogP contribution in [0.25, 0.3) is 22.4 Å². The summed E-state index contributed by atoms with van der Waals surface area (Å²) < 4.78 is 22.7. The lowest BCUT2D eigenvalue weighted by molar-refractivity contribution is -0.114. The van der Waals surface area contributed by atoms with Crippen molar-refractivity contribution in [2.45, 2.75) is 40.2 Å². The van der Waals surface area contributed by atoms with Crippen molar-refractivity contribution in [2.75, 3.05) is 18.5 Å². The molecule has 3 heterocycles. The number of aryl methyl sites for hydroxylation is 1. The van der Waals surface area contributed by atoms with Gasteiger partial charge in [0.2, 0.25) is 5.91 Å². The van der Waals surface area contributed by atoms with Gasteiger partial charge in [0.1, 0.15) is 17.5 Å². The Bertz CT molecular complexity index is 1120. The second kappa shape index (κ2) is 6.38. The Morgan fingerprint density at radius 3 is 2.57 bits per heavy atom. The number of ether oxygens (including phenoxy) is 1. The molecule has 6 nitrogen and oxygen atoms in total. The Labute approximate surface area is 162 Å². The van der Waals surface area contributed by atoms with E-state index >= 15 is 4.39 Å². The number of nitrogens with one attached hydrogen (secondary N) is 1. The smallest absolute Gasteiger partial charge is 0.222 e. The van der Waals surface area contributed by atoms with Crippen LogP contribution in [0.2, 0.25) is 0 Å². The van der Waals surface area contributed by atoms with Crippen LogP contribution < -0.4 is 5.32 Å². The number of imidazole rings is 1. The number of nitrogens with zero attached hydrogens (tertiary/aromatic N) is 3. The number of rotatable bonds is 3. The van der Waals surface area contributed by atoms with Gasteiger partial charge in [-0.05, 0) is 50.5 Å². The van der Waals surface area contributed by atoms with E-state index in [-0.39, 0.29) is 17.3 Å². The molecule has 2 aromatic heterocycles. The topological polar surface area (TPSA) is 69.0 Å². The Hall–Kier alpha value is -2.80. The molecule has 0 spiro atoms. The van der Waals surface area contributed by atoms with Gasteiger partial charge in [0, 0.05) is 13.0 Å². The molecule has 1 aromatic carbocycles. The molecule has 0 bridgehead atoms. The number of amides is 1. The molecule has 7 heteroatoms. The van der Waals surface area contributed by atoms with Crippen LogP contribution in [-0.4, -0.2) is 33.7 Å². The molecule has 1 saturated heterocycles. The van der Waals surface area contributed by atoms with Crippen LogP contribution in [0.15, 0.2) is 18.3 Å². The van der Waals surface area contributed by atoms with Gasteiger partial charge in [-0.2, -0.15) is 0 Å². The van der Waals surface area contributed by atoms with Crippen LogP contribution in [-0.2, 0) is 15.1 Å². The van der Waals surface area contributed by atoms with E-state index < -0.39 is 0 Å². The molecular formula is C21H23FN4O2. The third-order valence-electron chi connectivity index (χ3n) is 5.53. The first kappa shape index (κ1) is 18.6. The second-order valence-electron chi connectivity index (χ2n) is 7.81. The summed E-state index contributed by atoms with van der Waals surface area (Å²) in [6.45, 7) is 10.2. The minimum Gasteiger partial charge on any atom is -0.376 e. The molecule has 0 unspecified atom stereocenters. The van der Waals surface area contributed by atoms with Crippen LogP contribution >= 0.6 is 0 Å². The summed E-state index contributed by atoms with van der Waals surface area (Å²) in [7, 11) is 0. The quantitative estimate of drug-likeness (QED) is 0.747. The molecule has 0 saturated carbocycles. The van der Waals surface area contributed by atoms with E-state index in [1.807, 2.05) is 24.5 Å². The average Bonchev–Trinajstić information content (AvgIpc) is 2.99. The lowest BCUT2D eigenvalue weighted by Gasteiger charge is -2.40. The minimum absolute atomic E-state index is 0.207. The van der Waals surface area contributed by atoms with Crippen molar-refractivity contribution < 1.29 is 13.9 Å². The molecule has 4 rings (SSSR count). The van der Waals surface area contributed by atoms with Crippen LogP contribution in [0.3, 0.4) is 0 Å². The highest BCUT2D eigenvalue weighted by atomic mass is 19.1. The number of carbonyl (C=O) groups excluding carboxylic acids is 1. The van der Waals surface area contributed by atoms with Crippen molar-refractivity contribution in [1.29, 1.82) is 0 Å². The number of aromatic nitrogens is 3. The molecular weight excluding hydrogens is 359 g/mol. The maximum Gasteiger partial charge on any atom is 0.222 e. The zero-order valence-electron chi connectivity index (χ0n) is 16.7. The first-order valence-electron chi connectivity index (χ1n) is 9.22. The van der Waals surface area contributed by atoms with Crippen LogP contribution in [0.5, 0.6) is 0 Å². The molecule has 3 aromatic rings. The van der Waals surface area contributed by atoms with Crippen molar-refractivity contribution in [3.05, 3.63) is 40.8 Å². The van der Waals surface area contributed by atoms with E-state index in [0.717, 1.165) is 16.6 Å². The average molecular weight is 382 g/mol. The number of benzene rings is 1. The van der Waals surface area contributed by atoms with Crippen LogP contribution in [0.1, 0.15) is 30.5 Å². The fourth-order valence-electron chi connectivity index (χ4n) is 3.69. The Morgan fingerprint density at radius 2 is 1.96 bits per heavy atom. The maximum atomic E-state index is 15.2. The molecule has 146 valence electrons. The number of hydrogen-bond donors (Lipinski definition) is 1. The van der Waals surface area contributed by atoms with Crippen LogP contribution in [0.4, 0.5) is 10.2 Å². The van der Waals surface area contributed by atoms with Gasteiger partial charge >= 0.3 is 0 Å². The van der Waals surface area contributed by atoms with E-state index in [9.17, 15) is 4.79 Å². The number of anilines is 1. The molecule has 1 amide bonds. The third-order valence-corrected chi connectivity index (χ3v) is 5.53. The molecule has 1 N–H and O–H groups in total. The second-order valence-corrected chi connectivity index (χ2v) is 7.81. The van der Waals surface area contributed by atoms with Gasteiger partial charge in [0.25, 0.3) is 0 Å². The van der Waals surface area contributed by atoms with E-state index in [2.05, 4.69) is 17.2 Å². The number of carbonyl (C=O) groups is 1. The normalized spacial score (nSPS) is 15.5. The van der Waals surface area contributed by atoms with Gasteiger partial charge in [0.15, 0.2) is 0 Å². The number of pyridine rings is 1. The summed E-state index contributed by atoms with van der Waals surface area (Å²) in [5, 5.41) is 2.67. The lowest BCUT2D eigenvalue weighted by atomic mass is 9.96. The summed E-state index contributed by atoms with van der Waals surface area (Å²) >= 11 is 0. The van der Waals surface area contributed by atoms with Gasteiger partial charge in [-0.1, -0.05) is 0 Å². The molecule has 28 heavy (non-hydrogen) atoms. The highest BCUT2D eigenvalue weighted by Gasteiger charge is 2.39. The summed E-state index contributed by atoms with van der Waals surface area (Å²) in [6, 6.07) is 3.56. The van der Waals surface area contributed by atoms with E-state index in [0.29, 0.717) is 41.5 Å². The molecule has 1 aliphatic rings. The first-order chi connectivity index (χ1) is 13.2. The Morgan fingerprint density at radius 1 is 1.25 bits per heavy atom.